The second-order valence-electron chi connectivity index (χ2n) is 14.1. The zero-order chi connectivity index (χ0) is 36.6. The molecule has 0 saturated carbocycles. The molecule has 1 aliphatic carbocycles. The van der Waals surface area contributed by atoms with Crippen LogP contribution in [0.1, 0.15) is 22.3 Å². The van der Waals surface area contributed by atoms with Crippen molar-refractivity contribution in [3.8, 4) is 67.3 Å². The summed E-state index contributed by atoms with van der Waals surface area (Å²) >= 11 is 0. The van der Waals surface area contributed by atoms with E-state index < -0.39 is 5.41 Å². The van der Waals surface area contributed by atoms with Gasteiger partial charge in [0.15, 0.2) is 5.82 Å². The van der Waals surface area contributed by atoms with Crippen molar-refractivity contribution in [2.24, 2.45) is 0 Å². The van der Waals surface area contributed by atoms with E-state index in [1.165, 1.54) is 33.4 Å². The predicted octanol–water partition coefficient (Wildman–Crippen LogP) is 13.2. The van der Waals surface area contributed by atoms with Gasteiger partial charge in [0.25, 0.3) is 0 Å². The Labute approximate surface area is 322 Å². The van der Waals surface area contributed by atoms with Crippen molar-refractivity contribution < 1.29 is 0 Å². The smallest absolute Gasteiger partial charge is 0.160 e. The third-order valence-corrected chi connectivity index (χ3v) is 11.0. The highest BCUT2D eigenvalue weighted by molar-refractivity contribution is 5.87. The van der Waals surface area contributed by atoms with Crippen molar-refractivity contribution in [1.29, 1.82) is 0 Å². The molecule has 9 aromatic rings. The van der Waals surface area contributed by atoms with E-state index in [9.17, 15) is 0 Å². The van der Waals surface area contributed by atoms with Crippen molar-refractivity contribution in [2.45, 2.75) is 5.41 Å². The van der Waals surface area contributed by atoms with Crippen molar-refractivity contribution >= 4 is 0 Å². The average Bonchev–Trinajstić information content (AvgIpc) is 3.58. The van der Waals surface area contributed by atoms with Crippen molar-refractivity contribution in [3.63, 3.8) is 0 Å². The molecule has 0 radical (unpaired) electrons. The molecule has 8 aromatic carbocycles. The first kappa shape index (κ1) is 32.5. The molecule has 1 aromatic heterocycles. The maximum absolute atomic E-state index is 5.24. The summed E-state index contributed by atoms with van der Waals surface area (Å²) < 4.78 is 0. The zero-order valence-electron chi connectivity index (χ0n) is 30.2. The monoisotopic (exact) mass is 700 g/mol. The maximum Gasteiger partial charge on any atom is 0.160 e. The summed E-state index contributed by atoms with van der Waals surface area (Å²) in [6.07, 6.45) is 0. The van der Waals surface area contributed by atoms with E-state index in [0.717, 1.165) is 50.3 Å². The molecule has 0 unspecified atom stereocenters. The molecule has 55 heavy (non-hydrogen) atoms. The fourth-order valence-corrected chi connectivity index (χ4v) is 8.45. The average molecular weight is 701 g/mol. The summed E-state index contributed by atoms with van der Waals surface area (Å²) in [5.41, 5.74) is 16.5. The highest BCUT2D eigenvalue weighted by Gasteiger charge is 2.45. The van der Waals surface area contributed by atoms with Crippen LogP contribution in [0.15, 0.2) is 218 Å². The Hall–Kier alpha value is -7.16. The summed E-state index contributed by atoms with van der Waals surface area (Å²) in [6, 6.07) is 78.2. The highest BCUT2D eigenvalue weighted by Crippen LogP contribution is 2.56. The van der Waals surface area contributed by atoms with Gasteiger partial charge in [0.1, 0.15) is 0 Å². The lowest BCUT2D eigenvalue weighted by Crippen LogP contribution is -2.28. The molecule has 0 bridgehead atoms. The molecule has 0 fully saturated rings. The lowest BCUT2D eigenvalue weighted by molar-refractivity contribution is 0.769. The number of fused-ring (bicyclic) bond motifs is 3. The third kappa shape index (κ3) is 5.67. The van der Waals surface area contributed by atoms with Gasteiger partial charge in [-0.2, -0.15) is 0 Å². The molecule has 0 amide bonds. The molecule has 2 nitrogen and oxygen atoms in total. The molecule has 0 aliphatic heterocycles. The Morgan fingerprint density at radius 3 is 1.25 bits per heavy atom. The minimum absolute atomic E-state index is 0.484. The normalized spacial score (nSPS) is 12.5. The Morgan fingerprint density at radius 2 is 0.691 bits per heavy atom. The van der Waals surface area contributed by atoms with Gasteiger partial charge < -0.3 is 0 Å². The molecule has 10 rings (SSSR count). The van der Waals surface area contributed by atoms with Gasteiger partial charge in [-0.15, -0.1) is 0 Å². The third-order valence-electron chi connectivity index (χ3n) is 11.0. The summed E-state index contributed by atoms with van der Waals surface area (Å²) in [6.45, 7) is 0. The van der Waals surface area contributed by atoms with Gasteiger partial charge in [0.05, 0.1) is 16.8 Å². The summed E-state index contributed by atoms with van der Waals surface area (Å²) in [5, 5.41) is 0. The quantitative estimate of drug-likeness (QED) is 0.165. The van der Waals surface area contributed by atoms with E-state index in [1.807, 2.05) is 12.1 Å². The lowest BCUT2D eigenvalue weighted by atomic mass is 9.67. The Bertz CT molecular complexity index is 2690. The first-order valence-corrected chi connectivity index (χ1v) is 18.8. The van der Waals surface area contributed by atoms with E-state index in [1.54, 1.807) is 0 Å². The minimum atomic E-state index is -0.484. The van der Waals surface area contributed by atoms with Crippen molar-refractivity contribution in [3.05, 3.63) is 241 Å². The molecular weight excluding hydrogens is 665 g/mol. The standard InChI is InChI=1S/C53H36N2/c1-5-18-37(19-6-1)41-32-42(34-43(33-41)52-54-50(38-20-7-2-8-21-38)36-51(55-52)39-22-9-3-10-23-39)40-24-17-27-45(35-40)53(44-25-11-4-12-26-44)48-30-15-13-28-46(48)47-29-14-16-31-49(47)53/h1-36H. The summed E-state index contributed by atoms with van der Waals surface area (Å²) in [4.78, 5) is 10.5. The first-order chi connectivity index (χ1) is 27.3. The van der Waals surface area contributed by atoms with Gasteiger partial charge in [-0.1, -0.05) is 188 Å². The second-order valence-corrected chi connectivity index (χ2v) is 14.1. The number of benzene rings is 8. The molecule has 0 saturated heterocycles. The number of aromatic nitrogens is 2. The molecule has 258 valence electrons. The van der Waals surface area contributed by atoms with E-state index in [-0.39, 0.29) is 0 Å². The highest BCUT2D eigenvalue weighted by atomic mass is 14.9. The van der Waals surface area contributed by atoms with E-state index in [0.29, 0.717) is 5.82 Å². The predicted molar refractivity (Wildman–Crippen MR) is 227 cm³/mol. The Kier molecular flexibility index (Phi) is 8.08. The van der Waals surface area contributed by atoms with Crippen LogP contribution in [-0.2, 0) is 5.41 Å². The van der Waals surface area contributed by atoms with Gasteiger partial charge >= 0.3 is 0 Å². The van der Waals surface area contributed by atoms with Gasteiger partial charge in [0, 0.05) is 16.7 Å². The number of hydrogen-bond acceptors (Lipinski definition) is 2. The van der Waals surface area contributed by atoms with Crippen LogP contribution in [0.5, 0.6) is 0 Å². The van der Waals surface area contributed by atoms with Crippen molar-refractivity contribution in [2.75, 3.05) is 0 Å². The maximum atomic E-state index is 5.24. The van der Waals surface area contributed by atoms with Gasteiger partial charge in [-0.05, 0) is 86.0 Å². The lowest BCUT2D eigenvalue weighted by Gasteiger charge is -2.34. The van der Waals surface area contributed by atoms with Gasteiger partial charge in [0.2, 0.25) is 0 Å². The number of nitrogens with zero attached hydrogens (tertiary/aromatic N) is 2. The summed E-state index contributed by atoms with van der Waals surface area (Å²) in [5.74, 6) is 0.690. The van der Waals surface area contributed by atoms with E-state index in [2.05, 4.69) is 206 Å². The number of rotatable bonds is 7. The van der Waals surface area contributed by atoms with Crippen LogP contribution >= 0.6 is 0 Å². The Balaban J connectivity index is 1.20. The van der Waals surface area contributed by atoms with Crippen LogP contribution in [0.25, 0.3) is 67.3 Å². The topological polar surface area (TPSA) is 25.8 Å². The van der Waals surface area contributed by atoms with Crippen LogP contribution in [0.3, 0.4) is 0 Å². The van der Waals surface area contributed by atoms with Crippen LogP contribution in [0, 0.1) is 0 Å². The van der Waals surface area contributed by atoms with Crippen LogP contribution < -0.4 is 0 Å². The second kappa shape index (κ2) is 13.7. The molecular formula is C53H36N2. The minimum Gasteiger partial charge on any atom is -0.228 e. The molecule has 0 spiro atoms. The largest absolute Gasteiger partial charge is 0.228 e. The van der Waals surface area contributed by atoms with E-state index in [4.69, 9.17) is 9.97 Å². The first-order valence-electron chi connectivity index (χ1n) is 18.8. The van der Waals surface area contributed by atoms with Crippen LogP contribution in [0.4, 0.5) is 0 Å². The summed E-state index contributed by atoms with van der Waals surface area (Å²) in [7, 11) is 0. The SMILES string of the molecule is c1ccc(-c2cc(-c3cccc(C4(c5ccccc5)c5ccccc5-c5ccccc54)c3)cc(-c3nc(-c4ccccc4)cc(-c4ccccc4)n3)c2)cc1. The van der Waals surface area contributed by atoms with Gasteiger partial charge in [-0.25, -0.2) is 9.97 Å². The van der Waals surface area contributed by atoms with Crippen LogP contribution in [-0.4, -0.2) is 9.97 Å². The molecule has 1 aliphatic rings. The molecule has 0 N–H and O–H groups in total. The number of hydrogen-bond donors (Lipinski definition) is 0. The molecule has 0 atom stereocenters. The van der Waals surface area contributed by atoms with E-state index >= 15 is 0 Å². The van der Waals surface area contributed by atoms with Crippen LogP contribution in [0.2, 0.25) is 0 Å². The van der Waals surface area contributed by atoms with Crippen molar-refractivity contribution in [1.82, 2.24) is 9.97 Å². The Morgan fingerprint density at radius 1 is 0.273 bits per heavy atom. The molecule has 2 heteroatoms. The molecule has 1 heterocycles. The fourth-order valence-electron chi connectivity index (χ4n) is 8.45. The van der Waals surface area contributed by atoms with Gasteiger partial charge in [-0.3, -0.25) is 0 Å². The zero-order valence-corrected chi connectivity index (χ0v) is 30.2. The fraction of sp³-hybridized carbons (Fsp3) is 0.0189.